The third kappa shape index (κ3) is 8.39. The van der Waals surface area contributed by atoms with Crippen LogP contribution in [0.1, 0.15) is 0 Å². The first-order chi connectivity index (χ1) is 4.13. The van der Waals surface area contributed by atoms with Crippen molar-refractivity contribution in [2.45, 2.75) is 26.2 Å². The van der Waals surface area contributed by atoms with Crippen LogP contribution in [0.3, 0.4) is 0 Å². The van der Waals surface area contributed by atoms with Gasteiger partial charge in [0, 0.05) is 12.5 Å². The van der Waals surface area contributed by atoms with E-state index in [9.17, 15) is 0 Å². The summed E-state index contributed by atoms with van der Waals surface area (Å²) >= 11 is 0. The molecule has 9 heavy (non-hydrogen) atoms. The van der Waals surface area contributed by atoms with Crippen LogP contribution >= 0.6 is 0 Å². The van der Waals surface area contributed by atoms with Crippen LogP contribution in [0.25, 0.3) is 0 Å². The molecule has 0 aromatic rings. The van der Waals surface area contributed by atoms with Crippen LogP contribution in [-0.4, -0.2) is 30.1 Å². The molecule has 0 aromatic carbocycles. The van der Waals surface area contributed by atoms with E-state index in [1.165, 1.54) is 0 Å². The van der Waals surface area contributed by atoms with Crippen molar-refractivity contribution in [1.29, 1.82) is 0 Å². The van der Waals surface area contributed by atoms with Crippen molar-refractivity contribution < 1.29 is 4.74 Å². The molecule has 54 valence electrons. The average Bonchev–Trinajstić information content (AvgIpc) is 1.63. The van der Waals surface area contributed by atoms with E-state index < -0.39 is 0 Å². The zero-order valence-electron chi connectivity index (χ0n) is 6.82. The average molecular weight is 160 g/mol. The second-order valence-electron chi connectivity index (χ2n) is 2.91. The van der Waals surface area contributed by atoms with Gasteiger partial charge in [0.2, 0.25) is 0 Å². The Morgan fingerprint density at radius 3 is 1.44 bits per heavy atom. The Morgan fingerprint density at radius 2 is 1.22 bits per heavy atom. The summed E-state index contributed by atoms with van der Waals surface area (Å²) in [5.41, 5.74) is 0. The minimum absolute atomic E-state index is 0.136. The molecule has 0 N–H and O–H groups in total. The summed E-state index contributed by atoms with van der Waals surface area (Å²) in [4.78, 5) is 0. The molecule has 0 fully saturated rings. The second kappa shape index (κ2) is 5.20. The lowest BCUT2D eigenvalue weighted by molar-refractivity contribution is 0.223. The summed E-state index contributed by atoms with van der Waals surface area (Å²) in [5.74, 6) is 0. The molecule has 0 heterocycles. The largest absolute Gasteiger partial charge is 0.389 e. The fraction of sp³-hybridized carbons (Fsp3) is 1.00. The first kappa shape index (κ1) is 9.39. The number of ether oxygens (including phenoxy) is 1. The Morgan fingerprint density at radius 1 is 0.889 bits per heavy atom. The van der Waals surface area contributed by atoms with Crippen LogP contribution in [0.2, 0.25) is 26.2 Å². The summed E-state index contributed by atoms with van der Waals surface area (Å²) in [6.45, 7) is 9.12. The topological polar surface area (TPSA) is 9.23 Å². The van der Waals surface area contributed by atoms with E-state index in [0.29, 0.717) is 0 Å². The minimum atomic E-state index is -0.136. The second-order valence-corrected chi connectivity index (χ2v) is 8.31. The smallest absolute Gasteiger partial charge is 0.0741 e. The first-order valence-electron chi connectivity index (χ1n) is 3.28. The maximum Gasteiger partial charge on any atom is 0.0741 e. The lowest BCUT2D eigenvalue weighted by Crippen LogP contribution is -2.18. The van der Waals surface area contributed by atoms with Gasteiger partial charge in [-0.3, -0.25) is 0 Å². The molecule has 0 atom stereocenters. The van der Waals surface area contributed by atoms with Gasteiger partial charge in [-0.2, -0.15) is 0 Å². The Kier molecular flexibility index (Phi) is 5.43. The molecule has 0 saturated heterocycles. The van der Waals surface area contributed by atoms with Gasteiger partial charge in [-0.05, 0) is 0 Å². The van der Waals surface area contributed by atoms with Crippen molar-refractivity contribution in [3.63, 3.8) is 0 Å². The lowest BCUT2D eigenvalue weighted by atomic mass is 11.5. The number of rotatable bonds is 4. The Hall–Kier alpha value is 0.394. The molecule has 0 unspecified atom stereocenters. The van der Waals surface area contributed by atoms with E-state index in [0.717, 1.165) is 12.5 Å². The van der Waals surface area contributed by atoms with Gasteiger partial charge in [0.1, 0.15) is 0 Å². The van der Waals surface area contributed by atoms with Gasteiger partial charge in [0.25, 0.3) is 0 Å². The van der Waals surface area contributed by atoms with Gasteiger partial charge in [-0.25, -0.2) is 0 Å². The van der Waals surface area contributed by atoms with Crippen molar-refractivity contribution in [2.75, 3.05) is 12.5 Å². The van der Waals surface area contributed by atoms with Crippen LogP contribution in [0.5, 0.6) is 0 Å². The zero-order chi connectivity index (χ0) is 7.28. The normalized spacial score (nSPS) is 11.3. The lowest BCUT2D eigenvalue weighted by Gasteiger charge is -2.05. The highest BCUT2D eigenvalue weighted by Gasteiger charge is 1.98. The third-order valence-corrected chi connectivity index (χ3v) is 2.34. The summed E-state index contributed by atoms with van der Waals surface area (Å²) in [5, 5.41) is 0. The summed E-state index contributed by atoms with van der Waals surface area (Å²) in [6, 6.07) is 0. The van der Waals surface area contributed by atoms with Gasteiger partial charge >= 0.3 is 0 Å². The Balaban J connectivity index is 2.91. The van der Waals surface area contributed by atoms with Gasteiger partial charge in [-0.1, -0.05) is 26.2 Å². The molecule has 0 amide bonds. The highest BCUT2D eigenvalue weighted by molar-refractivity contribution is 6.56. The fourth-order valence-electron chi connectivity index (χ4n) is 0.459. The molecule has 0 aromatic heterocycles. The molecule has 0 saturated carbocycles. The zero-order valence-corrected chi connectivity index (χ0v) is 8.82. The molecular formula is C6H16OSi2. The molecule has 0 aliphatic rings. The van der Waals surface area contributed by atoms with Crippen molar-refractivity contribution in [3.8, 4) is 0 Å². The predicted octanol–water partition coefficient (Wildman–Crippen LogP) is 1.59. The summed E-state index contributed by atoms with van der Waals surface area (Å²) in [6.07, 6.45) is 2.06. The van der Waals surface area contributed by atoms with Crippen LogP contribution in [0.4, 0.5) is 0 Å². The Bertz CT molecular complexity index is 56.1. The monoisotopic (exact) mass is 160 g/mol. The van der Waals surface area contributed by atoms with Gasteiger partial charge < -0.3 is 4.74 Å². The van der Waals surface area contributed by atoms with E-state index in [1.54, 1.807) is 0 Å². The molecule has 0 spiro atoms. The molecule has 0 bridgehead atoms. The van der Waals surface area contributed by atoms with Gasteiger partial charge in [0.15, 0.2) is 0 Å². The standard InChI is InChI=1S/C6H16OSi2/c1-8(2)5-7-6-9(3)4/h5-6H2,1-4H3. The summed E-state index contributed by atoms with van der Waals surface area (Å²) < 4.78 is 5.45. The molecule has 3 heteroatoms. The first-order valence-corrected chi connectivity index (χ1v) is 8.70. The SMILES string of the molecule is C[Si](C)COC[Si](C)C. The van der Waals surface area contributed by atoms with E-state index in [1.807, 2.05) is 0 Å². The van der Waals surface area contributed by atoms with E-state index in [-0.39, 0.29) is 17.6 Å². The highest BCUT2D eigenvalue weighted by Crippen LogP contribution is 1.85. The molecular weight excluding hydrogens is 144 g/mol. The molecule has 0 aliphatic heterocycles. The van der Waals surface area contributed by atoms with Crippen molar-refractivity contribution in [1.82, 2.24) is 0 Å². The Labute approximate surface area is 61.6 Å². The summed E-state index contributed by atoms with van der Waals surface area (Å²) in [7, 11) is -0.272. The van der Waals surface area contributed by atoms with Gasteiger partial charge in [-0.15, -0.1) is 0 Å². The van der Waals surface area contributed by atoms with Crippen molar-refractivity contribution in [3.05, 3.63) is 0 Å². The minimum Gasteiger partial charge on any atom is -0.389 e. The molecule has 2 radical (unpaired) electrons. The maximum absolute atomic E-state index is 5.45. The van der Waals surface area contributed by atoms with Crippen molar-refractivity contribution >= 4 is 17.6 Å². The van der Waals surface area contributed by atoms with Crippen molar-refractivity contribution in [2.24, 2.45) is 0 Å². The van der Waals surface area contributed by atoms with Crippen LogP contribution in [-0.2, 0) is 4.74 Å². The molecule has 0 rings (SSSR count). The quantitative estimate of drug-likeness (QED) is 0.568. The van der Waals surface area contributed by atoms with Crippen LogP contribution in [0, 0.1) is 0 Å². The third-order valence-electron chi connectivity index (χ3n) is 0.781. The molecule has 0 aliphatic carbocycles. The van der Waals surface area contributed by atoms with E-state index in [2.05, 4.69) is 26.2 Å². The van der Waals surface area contributed by atoms with Gasteiger partial charge in [0.05, 0.1) is 17.6 Å². The number of hydrogen-bond acceptors (Lipinski definition) is 1. The predicted molar refractivity (Wildman–Crippen MR) is 45.8 cm³/mol. The maximum atomic E-state index is 5.45. The van der Waals surface area contributed by atoms with E-state index in [4.69, 9.17) is 4.74 Å². The highest BCUT2D eigenvalue weighted by atomic mass is 28.3. The van der Waals surface area contributed by atoms with E-state index >= 15 is 0 Å². The van der Waals surface area contributed by atoms with Crippen LogP contribution < -0.4 is 0 Å². The number of hydrogen-bond donors (Lipinski definition) is 0. The fourth-order valence-corrected chi connectivity index (χ4v) is 1.68. The molecule has 1 nitrogen and oxygen atoms in total. The van der Waals surface area contributed by atoms with Crippen LogP contribution in [0.15, 0.2) is 0 Å².